The fourth-order valence-electron chi connectivity index (χ4n) is 9.64. The summed E-state index contributed by atoms with van der Waals surface area (Å²) in [5, 5.41) is 31.5. The minimum absolute atomic E-state index is 0.0252. The average molecular weight is 518 g/mol. The van der Waals surface area contributed by atoms with Gasteiger partial charge < -0.3 is 31.3 Å². The van der Waals surface area contributed by atoms with Gasteiger partial charge in [0.05, 0.1) is 12.2 Å². The quantitative estimate of drug-likeness (QED) is 0.128. The third-order valence-corrected chi connectivity index (χ3v) is 11.9. The van der Waals surface area contributed by atoms with E-state index < -0.39 is 11.4 Å². The lowest BCUT2D eigenvalue weighted by Crippen LogP contribution is -2.63. The van der Waals surface area contributed by atoms with E-state index in [0.29, 0.717) is 36.7 Å². The summed E-state index contributed by atoms with van der Waals surface area (Å²) >= 11 is 0. The van der Waals surface area contributed by atoms with E-state index in [0.717, 1.165) is 70.8 Å². The topological polar surface area (TPSA) is 130 Å². The van der Waals surface area contributed by atoms with Crippen molar-refractivity contribution in [2.45, 2.75) is 109 Å². The van der Waals surface area contributed by atoms with Crippen molar-refractivity contribution in [1.82, 2.24) is 4.90 Å². The van der Waals surface area contributed by atoms with Crippen molar-refractivity contribution >= 4 is 12.2 Å². The Morgan fingerprint density at radius 2 is 1.78 bits per heavy atom. The number of aliphatic hydroxyl groups is 2. The Bertz CT molecular complexity index is 874. The number of guanidine groups is 1. The molecule has 37 heavy (non-hydrogen) atoms. The first-order chi connectivity index (χ1) is 17.6. The molecule has 4 saturated carbocycles. The molecule has 1 aliphatic heterocycles. The summed E-state index contributed by atoms with van der Waals surface area (Å²) in [7, 11) is 0. The second-order valence-corrected chi connectivity index (χ2v) is 13.6. The van der Waals surface area contributed by atoms with Crippen molar-refractivity contribution in [1.29, 1.82) is 0 Å². The minimum Gasteiger partial charge on any atom is -0.389 e. The number of nitrogens with zero attached hydrogens (tertiary/aromatic N) is 3. The van der Waals surface area contributed by atoms with Crippen LogP contribution in [0.15, 0.2) is 10.2 Å². The van der Waals surface area contributed by atoms with Gasteiger partial charge in [0.1, 0.15) is 0 Å². The third kappa shape index (κ3) is 4.96. The fraction of sp³-hybridized carbons (Fsp3) is 0.931. The van der Waals surface area contributed by atoms with Gasteiger partial charge in [0.2, 0.25) is 5.96 Å². The molecule has 0 bridgehead atoms. The van der Waals surface area contributed by atoms with Crippen molar-refractivity contribution in [3.05, 3.63) is 0 Å². The first-order valence-electron chi connectivity index (χ1n) is 15.0. The molecule has 210 valence electrons. The Kier molecular flexibility index (Phi) is 7.69. The highest BCUT2D eigenvalue weighted by Crippen LogP contribution is 2.69. The van der Waals surface area contributed by atoms with Crippen LogP contribution in [-0.2, 0) is 4.74 Å². The predicted molar refractivity (Wildman–Crippen MR) is 147 cm³/mol. The predicted octanol–water partition coefficient (Wildman–Crippen LogP) is 3.60. The van der Waals surface area contributed by atoms with Gasteiger partial charge in [0.25, 0.3) is 0 Å². The van der Waals surface area contributed by atoms with Gasteiger partial charge >= 0.3 is 0 Å². The van der Waals surface area contributed by atoms with E-state index in [9.17, 15) is 10.2 Å². The van der Waals surface area contributed by atoms with E-state index in [-0.39, 0.29) is 16.8 Å². The van der Waals surface area contributed by atoms with Gasteiger partial charge in [0, 0.05) is 25.6 Å². The molecule has 1 saturated heterocycles. The normalized spacial score (nSPS) is 45.9. The Balaban J connectivity index is 1.21. The van der Waals surface area contributed by atoms with E-state index >= 15 is 0 Å². The van der Waals surface area contributed by atoms with E-state index in [1.807, 2.05) is 6.21 Å². The lowest BCUT2D eigenvalue weighted by Gasteiger charge is -2.64. The largest absolute Gasteiger partial charge is 0.389 e. The maximum atomic E-state index is 12.3. The SMILES string of the molecule is C[C@]12CCC(O)(OCCCN3CCCC3)CC1CC[C@@H]1[C@H]2CC[C@]2(C)C(C/C=N\N=C(N)N)CC[C@@]12O. The summed E-state index contributed by atoms with van der Waals surface area (Å²) in [6, 6.07) is 0. The maximum Gasteiger partial charge on any atom is 0.211 e. The number of ether oxygens (including phenoxy) is 1. The molecule has 0 aromatic rings. The molecule has 0 aromatic carbocycles. The Hall–Kier alpha value is -1.22. The molecule has 5 aliphatic rings. The summed E-state index contributed by atoms with van der Waals surface area (Å²) in [5.74, 6) is 0.700. The summed E-state index contributed by atoms with van der Waals surface area (Å²) in [5.41, 5.74) is 10.2. The van der Waals surface area contributed by atoms with Crippen LogP contribution in [0.4, 0.5) is 0 Å². The summed E-state index contributed by atoms with van der Waals surface area (Å²) in [6.07, 6.45) is 14.9. The molecule has 5 rings (SSSR count). The number of fused-ring (bicyclic) bond motifs is 5. The van der Waals surface area contributed by atoms with E-state index in [1.165, 1.54) is 25.9 Å². The highest BCUT2D eigenvalue weighted by molar-refractivity contribution is 5.76. The molecule has 1 heterocycles. The number of rotatable bonds is 8. The highest BCUT2D eigenvalue weighted by Gasteiger charge is 2.67. The molecular formula is C29H51N5O3. The second-order valence-electron chi connectivity index (χ2n) is 13.6. The number of hydrogen-bond donors (Lipinski definition) is 4. The van der Waals surface area contributed by atoms with Crippen LogP contribution in [0.1, 0.15) is 97.3 Å². The molecule has 4 aliphatic carbocycles. The van der Waals surface area contributed by atoms with Gasteiger partial charge in [-0.05, 0) is 118 Å². The lowest BCUT2D eigenvalue weighted by molar-refractivity contribution is -0.270. The molecule has 0 spiro atoms. The molecule has 8 heteroatoms. The summed E-state index contributed by atoms with van der Waals surface area (Å²) in [4.78, 5) is 2.51. The molecule has 0 aromatic heterocycles. The van der Waals surface area contributed by atoms with Crippen molar-refractivity contribution in [3.8, 4) is 0 Å². The Morgan fingerprint density at radius 3 is 2.54 bits per heavy atom. The highest BCUT2D eigenvalue weighted by atomic mass is 16.6. The van der Waals surface area contributed by atoms with Gasteiger partial charge in [-0.3, -0.25) is 0 Å². The van der Waals surface area contributed by atoms with Gasteiger partial charge in [-0.25, -0.2) is 0 Å². The standard InChI is InChI=1S/C29H51N5O3/c1-26-13-14-28(35,37-19-5-18-34-16-3-4-17-34)20-22(26)6-7-24-23(26)9-11-27(2)21(8-12-29(24,27)36)10-15-32-33-25(30)31/h15,21-24,35-36H,3-14,16-20H2,1-2H3,(H4,30,31,33)/b32-15-/t21?,22?,23-,24-,26+,27-,28?,29-/m1/s1. The Labute approximate surface area is 223 Å². The molecule has 5 fully saturated rings. The zero-order chi connectivity index (χ0) is 26.3. The van der Waals surface area contributed by atoms with Gasteiger partial charge in [0.15, 0.2) is 5.79 Å². The van der Waals surface area contributed by atoms with Crippen molar-refractivity contribution in [2.75, 3.05) is 26.2 Å². The van der Waals surface area contributed by atoms with Crippen molar-refractivity contribution in [3.63, 3.8) is 0 Å². The van der Waals surface area contributed by atoms with Crippen LogP contribution in [-0.4, -0.2) is 64.9 Å². The van der Waals surface area contributed by atoms with Gasteiger partial charge in [-0.15, -0.1) is 5.10 Å². The Morgan fingerprint density at radius 1 is 1.00 bits per heavy atom. The maximum absolute atomic E-state index is 12.3. The first kappa shape index (κ1) is 27.4. The molecular weight excluding hydrogens is 466 g/mol. The fourth-order valence-corrected chi connectivity index (χ4v) is 9.64. The average Bonchev–Trinajstić information content (AvgIpc) is 3.46. The summed E-state index contributed by atoms with van der Waals surface area (Å²) < 4.78 is 6.18. The molecule has 6 N–H and O–H groups in total. The molecule has 8 atom stereocenters. The van der Waals surface area contributed by atoms with Crippen LogP contribution in [0.2, 0.25) is 0 Å². The van der Waals surface area contributed by atoms with E-state index in [4.69, 9.17) is 16.2 Å². The van der Waals surface area contributed by atoms with Gasteiger partial charge in [-0.1, -0.05) is 13.8 Å². The number of hydrogen-bond acceptors (Lipinski definition) is 6. The monoisotopic (exact) mass is 517 g/mol. The van der Waals surface area contributed by atoms with Crippen LogP contribution in [0.5, 0.6) is 0 Å². The van der Waals surface area contributed by atoms with Crippen molar-refractivity contribution in [2.24, 2.45) is 56.2 Å². The van der Waals surface area contributed by atoms with Crippen molar-refractivity contribution < 1.29 is 14.9 Å². The first-order valence-corrected chi connectivity index (χ1v) is 15.0. The van der Waals surface area contributed by atoms with Crippen LogP contribution in [0.25, 0.3) is 0 Å². The molecule has 3 unspecified atom stereocenters. The molecule has 0 amide bonds. The van der Waals surface area contributed by atoms with E-state index in [1.54, 1.807) is 0 Å². The smallest absolute Gasteiger partial charge is 0.211 e. The van der Waals surface area contributed by atoms with Crippen LogP contribution in [0.3, 0.4) is 0 Å². The number of likely N-dealkylation sites (tertiary alicyclic amines) is 1. The third-order valence-electron chi connectivity index (χ3n) is 11.9. The van der Waals surface area contributed by atoms with E-state index in [2.05, 4.69) is 29.0 Å². The van der Waals surface area contributed by atoms with Crippen LogP contribution >= 0.6 is 0 Å². The van der Waals surface area contributed by atoms with Crippen LogP contribution in [0, 0.1) is 34.5 Å². The zero-order valence-corrected chi connectivity index (χ0v) is 23.2. The molecule has 8 nitrogen and oxygen atoms in total. The lowest BCUT2D eigenvalue weighted by atomic mass is 9.43. The van der Waals surface area contributed by atoms with Crippen LogP contribution < -0.4 is 11.5 Å². The molecule has 0 radical (unpaired) electrons. The zero-order valence-electron chi connectivity index (χ0n) is 23.2. The van der Waals surface area contributed by atoms with Gasteiger partial charge in [-0.2, -0.15) is 5.10 Å². The minimum atomic E-state index is -0.977. The number of nitrogens with two attached hydrogens (primary N) is 2. The summed E-state index contributed by atoms with van der Waals surface area (Å²) in [6.45, 7) is 8.94. The second kappa shape index (κ2) is 10.4.